The Morgan fingerprint density at radius 1 is 1.38 bits per heavy atom. The molecule has 0 saturated carbocycles. The molecule has 6 heteroatoms. The van der Waals surface area contributed by atoms with Crippen LogP contribution < -0.4 is 0 Å². The molecule has 0 aliphatic carbocycles. The lowest BCUT2D eigenvalue weighted by atomic mass is 10.3. The molecule has 0 aromatic carbocycles. The lowest BCUT2D eigenvalue weighted by molar-refractivity contribution is -0.198. The number of imide groups is 1. The minimum absolute atomic E-state index is 0.0503. The highest BCUT2D eigenvalue weighted by Gasteiger charge is 2.32. The van der Waals surface area contributed by atoms with E-state index in [9.17, 15) is 14.4 Å². The number of nitrogens with zero attached hydrogens (tertiary/aromatic N) is 2. The van der Waals surface area contributed by atoms with Crippen molar-refractivity contribution in [2.24, 2.45) is 0 Å². The molecule has 6 nitrogen and oxygen atoms in total. The van der Waals surface area contributed by atoms with Crippen LogP contribution in [0.5, 0.6) is 0 Å². The molecule has 1 saturated heterocycles. The van der Waals surface area contributed by atoms with Gasteiger partial charge >= 0.3 is 5.97 Å². The van der Waals surface area contributed by atoms with Crippen LogP contribution >= 0.6 is 0 Å². The van der Waals surface area contributed by atoms with E-state index in [1.807, 2.05) is 13.8 Å². The van der Waals surface area contributed by atoms with E-state index in [1.54, 1.807) is 11.9 Å². The van der Waals surface area contributed by atoms with E-state index in [0.717, 1.165) is 0 Å². The van der Waals surface area contributed by atoms with E-state index >= 15 is 0 Å². The SMILES string of the molecule is CC(C)N(C)CC(=O)ON1C(=O)CCC1=O. The van der Waals surface area contributed by atoms with E-state index in [2.05, 4.69) is 0 Å². The molecule has 1 fully saturated rings. The molecule has 0 aromatic rings. The number of hydroxylamine groups is 2. The van der Waals surface area contributed by atoms with Crippen molar-refractivity contribution < 1.29 is 19.2 Å². The van der Waals surface area contributed by atoms with Crippen molar-refractivity contribution >= 4 is 17.8 Å². The maximum Gasteiger partial charge on any atom is 0.347 e. The van der Waals surface area contributed by atoms with E-state index in [-0.39, 0.29) is 25.4 Å². The van der Waals surface area contributed by atoms with Gasteiger partial charge in [-0.15, -0.1) is 5.06 Å². The molecule has 0 bridgehead atoms. The van der Waals surface area contributed by atoms with E-state index in [0.29, 0.717) is 5.06 Å². The Kier molecular flexibility index (Phi) is 4.00. The standard InChI is InChI=1S/C10H16N2O4/c1-7(2)11(3)6-10(15)16-12-8(13)4-5-9(12)14/h7H,4-6H2,1-3H3. The fourth-order valence-electron chi connectivity index (χ4n) is 1.17. The lowest BCUT2D eigenvalue weighted by Crippen LogP contribution is -2.38. The maximum atomic E-state index is 11.4. The smallest absolute Gasteiger partial charge is 0.329 e. The number of rotatable bonds is 4. The predicted octanol–water partition coefficient (Wildman–Crippen LogP) is -0.0662. The molecular formula is C10H16N2O4. The molecular weight excluding hydrogens is 212 g/mol. The second kappa shape index (κ2) is 5.07. The van der Waals surface area contributed by atoms with E-state index in [1.165, 1.54) is 0 Å². The van der Waals surface area contributed by atoms with Crippen LogP contribution in [0.3, 0.4) is 0 Å². The van der Waals surface area contributed by atoms with Crippen LogP contribution in [0.2, 0.25) is 0 Å². The van der Waals surface area contributed by atoms with Gasteiger partial charge in [-0.05, 0) is 20.9 Å². The van der Waals surface area contributed by atoms with E-state index < -0.39 is 17.8 Å². The van der Waals surface area contributed by atoms with Crippen molar-refractivity contribution in [1.82, 2.24) is 9.96 Å². The zero-order valence-corrected chi connectivity index (χ0v) is 9.73. The Labute approximate surface area is 94.1 Å². The first-order valence-electron chi connectivity index (χ1n) is 5.18. The number of hydrogen-bond donors (Lipinski definition) is 0. The fraction of sp³-hybridized carbons (Fsp3) is 0.700. The van der Waals surface area contributed by atoms with Gasteiger partial charge < -0.3 is 4.84 Å². The average molecular weight is 228 g/mol. The highest BCUT2D eigenvalue weighted by atomic mass is 16.7. The first-order valence-corrected chi connectivity index (χ1v) is 5.18. The molecule has 0 unspecified atom stereocenters. The predicted molar refractivity (Wildman–Crippen MR) is 54.9 cm³/mol. The molecule has 16 heavy (non-hydrogen) atoms. The number of carbonyl (C=O) groups is 3. The molecule has 1 aliphatic rings. The first-order chi connectivity index (χ1) is 7.41. The number of hydrogen-bond acceptors (Lipinski definition) is 5. The summed E-state index contributed by atoms with van der Waals surface area (Å²) in [5.41, 5.74) is 0. The highest BCUT2D eigenvalue weighted by molar-refractivity contribution is 6.01. The zero-order valence-electron chi connectivity index (χ0n) is 9.73. The van der Waals surface area contributed by atoms with Gasteiger partial charge in [0, 0.05) is 18.9 Å². The Bertz CT molecular complexity index is 298. The van der Waals surface area contributed by atoms with Crippen molar-refractivity contribution in [2.75, 3.05) is 13.6 Å². The summed E-state index contributed by atoms with van der Waals surface area (Å²) >= 11 is 0. The van der Waals surface area contributed by atoms with Crippen molar-refractivity contribution in [3.63, 3.8) is 0 Å². The molecule has 1 rings (SSSR count). The van der Waals surface area contributed by atoms with Crippen LogP contribution in [0.4, 0.5) is 0 Å². The molecule has 0 aromatic heterocycles. The number of amides is 2. The van der Waals surface area contributed by atoms with Gasteiger partial charge in [0.2, 0.25) is 0 Å². The summed E-state index contributed by atoms with van der Waals surface area (Å²) < 4.78 is 0. The Morgan fingerprint density at radius 2 is 1.88 bits per heavy atom. The Morgan fingerprint density at radius 3 is 2.31 bits per heavy atom. The molecule has 1 aliphatic heterocycles. The van der Waals surface area contributed by atoms with Gasteiger partial charge in [-0.2, -0.15) is 0 Å². The summed E-state index contributed by atoms with van der Waals surface area (Å²) in [6, 6.07) is 0.192. The van der Waals surface area contributed by atoms with Crippen molar-refractivity contribution in [3.05, 3.63) is 0 Å². The van der Waals surface area contributed by atoms with Gasteiger partial charge in [-0.1, -0.05) is 0 Å². The maximum absolute atomic E-state index is 11.4. The van der Waals surface area contributed by atoms with Crippen molar-refractivity contribution in [3.8, 4) is 0 Å². The molecule has 90 valence electrons. The van der Waals surface area contributed by atoms with Crippen LogP contribution in [0, 0.1) is 0 Å². The van der Waals surface area contributed by atoms with Gasteiger partial charge in [-0.3, -0.25) is 14.5 Å². The third kappa shape index (κ3) is 3.03. The van der Waals surface area contributed by atoms with Gasteiger partial charge in [0.1, 0.15) is 0 Å². The summed E-state index contributed by atoms with van der Waals surface area (Å²) in [5.74, 6) is -1.50. The summed E-state index contributed by atoms with van der Waals surface area (Å²) in [5, 5.41) is 0.566. The summed E-state index contributed by atoms with van der Waals surface area (Å²) in [6.45, 7) is 3.91. The average Bonchev–Trinajstić information content (AvgIpc) is 2.49. The second-order valence-electron chi connectivity index (χ2n) is 4.05. The molecule has 0 atom stereocenters. The second-order valence-corrected chi connectivity index (χ2v) is 4.05. The van der Waals surface area contributed by atoms with Gasteiger partial charge in [0.05, 0.1) is 6.54 Å². The van der Waals surface area contributed by atoms with Crippen LogP contribution in [0.1, 0.15) is 26.7 Å². The normalized spacial score (nSPS) is 16.4. The quantitative estimate of drug-likeness (QED) is 0.630. The molecule has 1 heterocycles. The minimum Gasteiger partial charge on any atom is -0.329 e. The molecule has 0 radical (unpaired) electrons. The van der Waals surface area contributed by atoms with Crippen molar-refractivity contribution in [1.29, 1.82) is 0 Å². The van der Waals surface area contributed by atoms with E-state index in [4.69, 9.17) is 4.84 Å². The summed E-state index contributed by atoms with van der Waals surface area (Å²) in [6.07, 6.45) is 0.234. The Balaban J connectivity index is 2.45. The van der Waals surface area contributed by atoms with Crippen molar-refractivity contribution in [2.45, 2.75) is 32.7 Å². The minimum atomic E-state index is -0.597. The molecule has 2 amide bonds. The highest BCUT2D eigenvalue weighted by Crippen LogP contribution is 2.12. The third-order valence-electron chi connectivity index (χ3n) is 2.46. The number of likely N-dealkylation sites (N-methyl/N-ethyl adjacent to an activating group) is 1. The monoisotopic (exact) mass is 228 g/mol. The summed E-state index contributed by atoms with van der Waals surface area (Å²) in [7, 11) is 1.76. The molecule has 0 N–H and O–H groups in total. The largest absolute Gasteiger partial charge is 0.347 e. The molecule has 0 spiro atoms. The lowest BCUT2D eigenvalue weighted by Gasteiger charge is -2.20. The zero-order chi connectivity index (χ0) is 12.3. The Hall–Kier alpha value is -1.43. The van der Waals surface area contributed by atoms with Crippen LogP contribution in [-0.4, -0.2) is 47.4 Å². The van der Waals surface area contributed by atoms with Crippen LogP contribution in [0.25, 0.3) is 0 Å². The third-order valence-corrected chi connectivity index (χ3v) is 2.46. The van der Waals surface area contributed by atoms with Crippen LogP contribution in [-0.2, 0) is 19.2 Å². The summed E-state index contributed by atoms with van der Waals surface area (Å²) in [4.78, 5) is 40.2. The topological polar surface area (TPSA) is 66.9 Å². The van der Waals surface area contributed by atoms with Gasteiger partial charge in [-0.25, -0.2) is 4.79 Å². The number of carbonyl (C=O) groups excluding carboxylic acids is 3. The van der Waals surface area contributed by atoms with Gasteiger partial charge in [0.15, 0.2) is 0 Å². The fourth-order valence-corrected chi connectivity index (χ4v) is 1.17. The van der Waals surface area contributed by atoms with Gasteiger partial charge in [0.25, 0.3) is 11.8 Å². The first kappa shape index (κ1) is 12.6. The van der Waals surface area contributed by atoms with Crippen LogP contribution in [0.15, 0.2) is 0 Å².